The molecule has 1 aromatic carbocycles. The first kappa shape index (κ1) is 15.8. The van der Waals surface area contributed by atoms with Crippen LogP contribution in [-0.4, -0.2) is 9.78 Å². The number of aromatic nitrogens is 2. The number of aryl methyl sites for hydroxylation is 2. The first-order valence-electron chi connectivity index (χ1n) is 6.13. The molecule has 0 radical (unpaired) electrons. The van der Waals surface area contributed by atoms with E-state index in [1.165, 1.54) is 0 Å². The predicted octanol–water partition coefficient (Wildman–Crippen LogP) is 2.55. The molecule has 1 aromatic heterocycles. The van der Waals surface area contributed by atoms with Gasteiger partial charge in [0.05, 0.1) is 22.5 Å². The van der Waals surface area contributed by atoms with E-state index in [1.807, 2.05) is 0 Å². The third kappa shape index (κ3) is 3.04. The summed E-state index contributed by atoms with van der Waals surface area (Å²) in [5.41, 5.74) is 3.93. The van der Waals surface area contributed by atoms with E-state index in [9.17, 15) is 13.2 Å². The second kappa shape index (κ2) is 6.05. The number of benzene rings is 1. The van der Waals surface area contributed by atoms with Gasteiger partial charge < -0.3 is 0 Å². The zero-order valence-electron chi connectivity index (χ0n) is 11.4. The lowest BCUT2D eigenvalue weighted by Crippen LogP contribution is -2.30. The standard InChI is InChI=1S/C13H14ClF3N4/c1-6-12(14)11(21(2)20-6)5-10(19-18)7-3-8(15)13(17)9(16)4-7/h3-4,10,19H,5,18H2,1-2H3. The molecule has 21 heavy (non-hydrogen) atoms. The summed E-state index contributed by atoms with van der Waals surface area (Å²) >= 11 is 6.13. The number of nitrogens with one attached hydrogen (secondary N) is 1. The Morgan fingerprint density at radius 1 is 1.33 bits per heavy atom. The van der Waals surface area contributed by atoms with Gasteiger partial charge in [0, 0.05) is 13.5 Å². The highest BCUT2D eigenvalue weighted by atomic mass is 35.5. The molecule has 0 bridgehead atoms. The van der Waals surface area contributed by atoms with Crippen LogP contribution in [0.15, 0.2) is 12.1 Å². The van der Waals surface area contributed by atoms with Crippen LogP contribution in [0.2, 0.25) is 5.02 Å². The molecule has 114 valence electrons. The number of nitrogens with zero attached hydrogens (tertiary/aromatic N) is 2. The lowest BCUT2D eigenvalue weighted by molar-refractivity contribution is 0.438. The second-order valence-corrected chi connectivity index (χ2v) is 5.07. The van der Waals surface area contributed by atoms with Gasteiger partial charge in [-0.3, -0.25) is 16.0 Å². The molecule has 1 heterocycles. The molecule has 2 aromatic rings. The quantitative estimate of drug-likeness (QED) is 0.517. The van der Waals surface area contributed by atoms with E-state index < -0.39 is 23.5 Å². The van der Waals surface area contributed by atoms with Crippen molar-refractivity contribution in [3.05, 3.63) is 51.6 Å². The molecule has 3 N–H and O–H groups in total. The number of nitrogens with two attached hydrogens (primary N) is 1. The minimum absolute atomic E-state index is 0.184. The van der Waals surface area contributed by atoms with Gasteiger partial charge in [0.15, 0.2) is 17.5 Å². The second-order valence-electron chi connectivity index (χ2n) is 4.69. The molecular formula is C13H14ClF3N4. The molecule has 0 aliphatic rings. The molecule has 0 saturated heterocycles. The Morgan fingerprint density at radius 3 is 2.33 bits per heavy atom. The minimum Gasteiger partial charge on any atom is -0.271 e. The van der Waals surface area contributed by atoms with Crippen molar-refractivity contribution in [3.8, 4) is 0 Å². The van der Waals surface area contributed by atoms with Crippen molar-refractivity contribution < 1.29 is 13.2 Å². The maximum Gasteiger partial charge on any atom is 0.194 e. The van der Waals surface area contributed by atoms with E-state index in [-0.39, 0.29) is 12.0 Å². The fourth-order valence-electron chi connectivity index (χ4n) is 2.14. The van der Waals surface area contributed by atoms with E-state index in [0.717, 1.165) is 12.1 Å². The van der Waals surface area contributed by atoms with Crippen LogP contribution in [0.3, 0.4) is 0 Å². The number of hydrogen-bond acceptors (Lipinski definition) is 3. The van der Waals surface area contributed by atoms with Crippen molar-refractivity contribution in [2.45, 2.75) is 19.4 Å². The third-order valence-electron chi connectivity index (χ3n) is 3.27. The van der Waals surface area contributed by atoms with Gasteiger partial charge in [-0.25, -0.2) is 13.2 Å². The van der Waals surface area contributed by atoms with Gasteiger partial charge in [-0.1, -0.05) is 11.6 Å². The SMILES string of the molecule is Cc1nn(C)c(CC(NN)c2cc(F)c(F)c(F)c2)c1Cl. The third-order valence-corrected chi connectivity index (χ3v) is 3.76. The monoisotopic (exact) mass is 318 g/mol. The largest absolute Gasteiger partial charge is 0.271 e. The number of hydrazine groups is 1. The zero-order valence-corrected chi connectivity index (χ0v) is 12.2. The average Bonchev–Trinajstić information content (AvgIpc) is 2.67. The highest BCUT2D eigenvalue weighted by molar-refractivity contribution is 6.31. The fraction of sp³-hybridized carbons (Fsp3) is 0.308. The first-order valence-corrected chi connectivity index (χ1v) is 6.51. The van der Waals surface area contributed by atoms with Crippen LogP contribution in [0.1, 0.15) is 23.0 Å². The van der Waals surface area contributed by atoms with Crippen molar-refractivity contribution in [1.82, 2.24) is 15.2 Å². The van der Waals surface area contributed by atoms with E-state index in [4.69, 9.17) is 17.4 Å². The van der Waals surface area contributed by atoms with Crippen molar-refractivity contribution >= 4 is 11.6 Å². The van der Waals surface area contributed by atoms with Crippen LogP contribution in [0.25, 0.3) is 0 Å². The van der Waals surface area contributed by atoms with Gasteiger partial charge in [-0.05, 0) is 24.6 Å². The summed E-state index contributed by atoms with van der Waals surface area (Å²) in [5.74, 6) is 1.39. The minimum atomic E-state index is -1.51. The van der Waals surface area contributed by atoms with Crippen molar-refractivity contribution in [1.29, 1.82) is 0 Å². The smallest absolute Gasteiger partial charge is 0.194 e. The van der Waals surface area contributed by atoms with Crippen LogP contribution >= 0.6 is 11.6 Å². The van der Waals surface area contributed by atoms with Crippen molar-refractivity contribution in [2.75, 3.05) is 0 Å². The molecular weight excluding hydrogens is 305 g/mol. The van der Waals surface area contributed by atoms with Crippen molar-refractivity contribution in [2.24, 2.45) is 12.9 Å². The topological polar surface area (TPSA) is 55.9 Å². The summed E-state index contributed by atoms with van der Waals surface area (Å²) in [7, 11) is 1.70. The van der Waals surface area contributed by atoms with Crippen molar-refractivity contribution in [3.63, 3.8) is 0 Å². The average molecular weight is 319 g/mol. The number of hydrogen-bond donors (Lipinski definition) is 2. The number of halogens is 4. The molecule has 0 aliphatic carbocycles. The molecule has 2 rings (SSSR count). The van der Waals surface area contributed by atoms with Crippen LogP contribution in [0, 0.1) is 24.4 Å². The lowest BCUT2D eigenvalue weighted by Gasteiger charge is -2.17. The molecule has 0 fully saturated rings. The fourth-order valence-corrected chi connectivity index (χ4v) is 2.38. The lowest BCUT2D eigenvalue weighted by atomic mass is 10.0. The first-order chi connectivity index (χ1) is 9.85. The molecule has 8 heteroatoms. The Kier molecular flexibility index (Phi) is 4.55. The number of rotatable bonds is 4. The van der Waals surface area contributed by atoms with E-state index in [0.29, 0.717) is 16.4 Å². The maximum atomic E-state index is 13.3. The molecule has 0 saturated carbocycles. The predicted molar refractivity (Wildman–Crippen MR) is 73.0 cm³/mol. The molecule has 1 atom stereocenters. The Labute approximate surface area is 124 Å². The zero-order chi connectivity index (χ0) is 15.7. The summed E-state index contributed by atoms with van der Waals surface area (Å²) in [6, 6.07) is 1.17. The Hall–Kier alpha value is -1.57. The van der Waals surface area contributed by atoms with Gasteiger partial charge in [-0.2, -0.15) is 5.10 Å². The summed E-state index contributed by atoms with van der Waals surface area (Å²) < 4.78 is 41.2. The van der Waals surface area contributed by atoms with Crippen LogP contribution in [0.4, 0.5) is 13.2 Å². The van der Waals surface area contributed by atoms with Crippen LogP contribution in [0.5, 0.6) is 0 Å². The summed E-state index contributed by atoms with van der Waals surface area (Å²) in [5, 5.41) is 4.61. The summed E-state index contributed by atoms with van der Waals surface area (Å²) in [6.45, 7) is 1.74. The van der Waals surface area contributed by atoms with E-state index in [1.54, 1.807) is 18.7 Å². The Morgan fingerprint density at radius 2 is 1.90 bits per heavy atom. The molecule has 4 nitrogen and oxygen atoms in total. The van der Waals surface area contributed by atoms with Gasteiger partial charge in [-0.15, -0.1) is 0 Å². The maximum absolute atomic E-state index is 13.3. The summed E-state index contributed by atoms with van der Waals surface area (Å²) in [6.07, 6.45) is 0.247. The highest BCUT2D eigenvalue weighted by Crippen LogP contribution is 2.26. The normalized spacial score (nSPS) is 12.7. The molecule has 0 spiro atoms. The molecule has 0 amide bonds. The Bertz CT molecular complexity index is 649. The molecule has 0 aliphatic heterocycles. The van der Waals surface area contributed by atoms with Gasteiger partial charge in [0.25, 0.3) is 0 Å². The van der Waals surface area contributed by atoms with Crippen LogP contribution < -0.4 is 11.3 Å². The highest BCUT2D eigenvalue weighted by Gasteiger charge is 2.20. The van der Waals surface area contributed by atoms with Gasteiger partial charge in [0.2, 0.25) is 0 Å². The van der Waals surface area contributed by atoms with E-state index in [2.05, 4.69) is 10.5 Å². The van der Waals surface area contributed by atoms with Crippen LogP contribution in [-0.2, 0) is 13.5 Å². The molecule has 1 unspecified atom stereocenters. The Balaban J connectivity index is 2.36. The van der Waals surface area contributed by atoms with Gasteiger partial charge >= 0.3 is 0 Å². The van der Waals surface area contributed by atoms with Gasteiger partial charge in [0.1, 0.15) is 0 Å². The van der Waals surface area contributed by atoms with E-state index >= 15 is 0 Å². The summed E-state index contributed by atoms with van der Waals surface area (Å²) in [4.78, 5) is 0.